The van der Waals surface area contributed by atoms with Crippen LogP contribution in [0, 0.1) is 0 Å². The van der Waals surface area contributed by atoms with Gasteiger partial charge in [-0.25, -0.2) is 0 Å². The average molecular weight is 542 g/mol. The van der Waals surface area contributed by atoms with Crippen molar-refractivity contribution in [2.45, 2.75) is 12.5 Å². The van der Waals surface area contributed by atoms with Crippen LogP contribution >= 0.6 is 38.9 Å². The fourth-order valence-corrected chi connectivity index (χ4v) is 4.30. The number of nitrogens with zero attached hydrogens (tertiary/aromatic N) is 2. The van der Waals surface area contributed by atoms with Gasteiger partial charge in [0, 0.05) is 27.0 Å². The predicted octanol–water partition coefficient (Wildman–Crippen LogP) is 5.60. The van der Waals surface area contributed by atoms with Crippen molar-refractivity contribution in [2.75, 3.05) is 5.32 Å². The normalized spacial score (nSPS) is 11.6. The highest BCUT2D eigenvalue weighted by Gasteiger charge is 2.23. The third kappa shape index (κ3) is 6.25. The van der Waals surface area contributed by atoms with Crippen molar-refractivity contribution in [2.24, 2.45) is 0 Å². The highest BCUT2D eigenvalue weighted by molar-refractivity contribution is 9.10. The van der Waals surface area contributed by atoms with Crippen molar-refractivity contribution in [3.05, 3.63) is 99.5 Å². The first-order valence-electron chi connectivity index (χ1n) is 9.98. The largest absolute Gasteiger partial charge is 0.340 e. The minimum atomic E-state index is -0.804. The highest BCUT2D eigenvalue weighted by atomic mass is 79.9. The first-order chi connectivity index (χ1) is 16.0. The van der Waals surface area contributed by atoms with Crippen molar-refractivity contribution >= 4 is 55.8 Å². The SMILES string of the molecule is O=C(N[C@H](Cc1ccccc1)C(=O)Nc1nnc(-c2cccc(Cl)c2)s1)c1ccc(Br)cc1. The molecule has 33 heavy (non-hydrogen) atoms. The Bertz CT molecular complexity index is 1260. The quantitative estimate of drug-likeness (QED) is 0.319. The van der Waals surface area contributed by atoms with E-state index in [0.717, 1.165) is 15.6 Å². The number of carbonyl (C=O) groups is 2. The molecule has 0 spiro atoms. The van der Waals surface area contributed by atoms with Gasteiger partial charge in [0.1, 0.15) is 11.0 Å². The zero-order valence-corrected chi connectivity index (χ0v) is 20.3. The van der Waals surface area contributed by atoms with Crippen LogP contribution in [-0.4, -0.2) is 28.1 Å². The number of hydrogen-bond acceptors (Lipinski definition) is 5. The van der Waals surface area contributed by atoms with Crippen LogP contribution < -0.4 is 10.6 Å². The molecule has 4 rings (SSSR count). The smallest absolute Gasteiger partial charge is 0.251 e. The maximum absolute atomic E-state index is 13.1. The van der Waals surface area contributed by atoms with Crippen LogP contribution in [0.3, 0.4) is 0 Å². The van der Waals surface area contributed by atoms with Gasteiger partial charge in [0.15, 0.2) is 0 Å². The third-order valence-corrected chi connectivity index (χ3v) is 6.39. The Hall–Kier alpha value is -3.07. The van der Waals surface area contributed by atoms with Crippen LogP contribution in [-0.2, 0) is 11.2 Å². The number of carbonyl (C=O) groups excluding carboxylic acids is 2. The molecule has 1 atom stereocenters. The summed E-state index contributed by atoms with van der Waals surface area (Å²) in [5.74, 6) is -0.714. The van der Waals surface area contributed by atoms with E-state index in [-0.39, 0.29) is 11.8 Å². The van der Waals surface area contributed by atoms with Crippen molar-refractivity contribution < 1.29 is 9.59 Å². The molecule has 4 aromatic rings. The second kappa shape index (κ2) is 10.7. The molecule has 0 bridgehead atoms. The van der Waals surface area contributed by atoms with Gasteiger partial charge in [-0.05, 0) is 42.0 Å². The lowest BCUT2D eigenvalue weighted by atomic mass is 10.0. The topological polar surface area (TPSA) is 84.0 Å². The second-order valence-corrected chi connectivity index (χ2v) is 9.46. The lowest BCUT2D eigenvalue weighted by molar-refractivity contribution is -0.118. The molecule has 9 heteroatoms. The van der Waals surface area contributed by atoms with Crippen molar-refractivity contribution in [3.63, 3.8) is 0 Å². The minimum absolute atomic E-state index is 0.328. The number of amides is 2. The number of halogens is 2. The maximum atomic E-state index is 13.1. The number of nitrogens with one attached hydrogen (secondary N) is 2. The Morgan fingerprint density at radius 1 is 0.970 bits per heavy atom. The maximum Gasteiger partial charge on any atom is 0.251 e. The van der Waals surface area contributed by atoms with Gasteiger partial charge in [-0.3, -0.25) is 14.9 Å². The molecule has 0 saturated heterocycles. The summed E-state index contributed by atoms with van der Waals surface area (Å²) in [7, 11) is 0. The number of aromatic nitrogens is 2. The monoisotopic (exact) mass is 540 g/mol. The molecule has 2 amide bonds. The summed E-state index contributed by atoms with van der Waals surface area (Å²) in [5, 5.41) is 15.4. The molecule has 0 radical (unpaired) electrons. The Balaban J connectivity index is 1.51. The summed E-state index contributed by atoms with van der Waals surface area (Å²) in [5.41, 5.74) is 2.19. The van der Waals surface area contributed by atoms with E-state index in [9.17, 15) is 9.59 Å². The molecule has 166 valence electrons. The van der Waals surface area contributed by atoms with E-state index < -0.39 is 6.04 Å². The fraction of sp³-hybridized carbons (Fsp3) is 0.0833. The van der Waals surface area contributed by atoms with Gasteiger partial charge in [-0.15, -0.1) is 10.2 Å². The second-order valence-electron chi connectivity index (χ2n) is 7.13. The van der Waals surface area contributed by atoms with E-state index >= 15 is 0 Å². The molecule has 0 unspecified atom stereocenters. The van der Waals surface area contributed by atoms with Gasteiger partial charge in [-0.2, -0.15) is 0 Å². The Morgan fingerprint density at radius 3 is 2.45 bits per heavy atom. The van der Waals surface area contributed by atoms with E-state index in [4.69, 9.17) is 11.6 Å². The Morgan fingerprint density at radius 2 is 1.73 bits per heavy atom. The van der Waals surface area contributed by atoms with E-state index in [1.54, 1.807) is 36.4 Å². The molecule has 0 fully saturated rings. The van der Waals surface area contributed by atoms with Crippen LogP contribution in [0.25, 0.3) is 10.6 Å². The number of rotatable bonds is 7. The van der Waals surface area contributed by atoms with Gasteiger partial charge in [0.2, 0.25) is 11.0 Å². The lowest BCUT2D eigenvalue weighted by Gasteiger charge is -2.18. The van der Waals surface area contributed by atoms with E-state index in [1.165, 1.54) is 11.3 Å². The molecule has 0 aliphatic carbocycles. The lowest BCUT2D eigenvalue weighted by Crippen LogP contribution is -2.45. The Kier molecular flexibility index (Phi) is 7.49. The van der Waals surface area contributed by atoms with E-state index in [1.807, 2.05) is 42.5 Å². The summed E-state index contributed by atoms with van der Waals surface area (Å²) >= 11 is 10.6. The molecule has 1 heterocycles. The predicted molar refractivity (Wildman–Crippen MR) is 135 cm³/mol. The average Bonchev–Trinajstić information content (AvgIpc) is 3.28. The first kappa shape index (κ1) is 23.1. The minimum Gasteiger partial charge on any atom is -0.340 e. The summed E-state index contributed by atoms with van der Waals surface area (Å²) < 4.78 is 0.865. The van der Waals surface area contributed by atoms with Crippen molar-refractivity contribution in [1.82, 2.24) is 15.5 Å². The van der Waals surface area contributed by atoms with Gasteiger partial charge in [0.25, 0.3) is 5.91 Å². The molecule has 2 N–H and O–H groups in total. The van der Waals surface area contributed by atoms with Crippen molar-refractivity contribution in [3.8, 4) is 10.6 Å². The standard InChI is InChI=1S/C24H18BrClN4O2S/c25-18-11-9-16(10-12-18)21(31)27-20(13-15-5-2-1-3-6-15)22(32)28-24-30-29-23(33-24)17-7-4-8-19(26)14-17/h1-12,14,20H,13H2,(H,27,31)(H,28,30,32)/t20-/m1/s1. The van der Waals surface area contributed by atoms with Gasteiger partial charge >= 0.3 is 0 Å². The molecule has 0 aliphatic heterocycles. The van der Waals surface area contributed by atoms with Crippen molar-refractivity contribution in [1.29, 1.82) is 0 Å². The van der Waals surface area contributed by atoms with E-state index in [2.05, 4.69) is 36.8 Å². The molecule has 3 aromatic carbocycles. The van der Waals surface area contributed by atoms with Gasteiger partial charge < -0.3 is 5.32 Å². The van der Waals surface area contributed by atoms with Gasteiger partial charge in [0.05, 0.1) is 0 Å². The first-order valence-corrected chi connectivity index (χ1v) is 12.0. The molecular formula is C24H18BrClN4O2S. The van der Waals surface area contributed by atoms with Crippen LogP contribution in [0.1, 0.15) is 15.9 Å². The molecule has 0 saturated carbocycles. The number of hydrogen-bond donors (Lipinski definition) is 2. The molecule has 1 aromatic heterocycles. The number of anilines is 1. The van der Waals surface area contributed by atoms with Gasteiger partial charge in [-0.1, -0.05) is 81.3 Å². The van der Waals surface area contributed by atoms with Crippen LogP contribution in [0.5, 0.6) is 0 Å². The Labute approximate surface area is 208 Å². The zero-order valence-electron chi connectivity index (χ0n) is 17.2. The van der Waals surface area contributed by atoms with Crippen LogP contribution in [0.4, 0.5) is 5.13 Å². The summed E-state index contributed by atoms with van der Waals surface area (Å²) in [6.45, 7) is 0. The fourth-order valence-electron chi connectivity index (χ4n) is 3.11. The summed E-state index contributed by atoms with van der Waals surface area (Å²) in [6.07, 6.45) is 0.328. The zero-order chi connectivity index (χ0) is 23.2. The van der Waals surface area contributed by atoms with E-state index in [0.29, 0.717) is 27.1 Å². The van der Waals surface area contributed by atoms with Crippen LogP contribution in [0.2, 0.25) is 5.02 Å². The highest BCUT2D eigenvalue weighted by Crippen LogP contribution is 2.28. The number of benzene rings is 3. The third-order valence-electron chi connectivity index (χ3n) is 4.74. The summed E-state index contributed by atoms with van der Waals surface area (Å²) in [6, 6.07) is 22.9. The summed E-state index contributed by atoms with van der Waals surface area (Å²) in [4.78, 5) is 25.9. The molecule has 0 aliphatic rings. The molecule has 6 nitrogen and oxygen atoms in total. The van der Waals surface area contributed by atoms with Crippen LogP contribution in [0.15, 0.2) is 83.3 Å². The molecular weight excluding hydrogens is 524 g/mol.